The number of ether oxygens (including phenoxy) is 1. The Hall–Kier alpha value is -2.70. The van der Waals surface area contributed by atoms with Gasteiger partial charge in [-0.2, -0.15) is 13.2 Å². The molecule has 0 aliphatic rings. The van der Waals surface area contributed by atoms with Gasteiger partial charge in [-0.1, -0.05) is 96.1 Å². The smallest absolute Gasteiger partial charge is 0.420 e. The van der Waals surface area contributed by atoms with E-state index in [1.54, 1.807) is 6.07 Å². The topological polar surface area (TPSA) is 58.6 Å². The zero-order valence-corrected chi connectivity index (χ0v) is 23.0. The second-order valence-corrected chi connectivity index (χ2v) is 9.90. The second kappa shape index (κ2) is 17.0. The Morgan fingerprint density at radius 2 is 1.42 bits per heavy atom. The molecule has 7 heteroatoms. The number of hydrogen-bond acceptors (Lipinski definition) is 3. The molecule has 0 radical (unpaired) electrons. The molecule has 0 aromatic heterocycles. The monoisotopic (exact) mass is 535 g/mol. The predicted octanol–water partition coefficient (Wildman–Crippen LogP) is 9.70. The van der Waals surface area contributed by atoms with Crippen LogP contribution in [0.2, 0.25) is 0 Å². The van der Waals surface area contributed by atoms with Crippen molar-refractivity contribution in [2.75, 3.05) is 11.9 Å². The molecular formula is C31H44F3NO3. The fourth-order valence-corrected chi connectivity index (χ4v) is 4.69. The lowest BCUT2D eigenvalue weighted by Gasteiger charge is -2.16. The average molecular weight is 536 g/mol. The van der Waals surface area contributed by atoms with Gasteiger partial charge in [0.1, 0.15) is 11.5 Å². The zero-order chi connectivity index (χ0) is 27.8. The summed E-state index contributed by atoms with van der Waals surface area (Å²) in [6.07, 6.45) is 12.2. The van der Waals surface area contributed by atoms with E-state index in [9.17, 15) is 23.1 Å². The van der Waals surface area contributed by atoms with Crippen LogP contribution in [0.15, 0.2) is 36.4 Å². The SMILES string of the molecule is CCCCCCCCCCCCCCCc1cccc(OCC)c1C(=O)Nc1ccc(O)c(C(F)(F)F)c1. The average Bonchev–Trinajstić information content (AvgIpc) is 2.87. The van der Waals surface area contributed by atoms with E-state index < -0.39 is 23.4 Å². The third-order valence-electron chi connectivity index (χ3n) is 6.75. The van der Waals surface area contributed by atoms with Crippen molar-refractivity contribution in [2.24, 2.45) is 0 Å². The van der Waals surface area contributed by atoms with E-state index in [1.165, 1.54) is 70.3 Å². The van der Waals surface area contributed by atoms with Gasteiger partial charge < -0.3 is 15.2 Å². The van der Waals surface area contributed by atoms with Crippen LogP contribution in [0, 0.1) is 0 Å². The van der Waals surface area contributed by atoms with E-state index in [4.69, 9.17) is 4.74 Å². The summed E-state index contributed by atoms with van der Waals surface area (Å²) in [6.45, 7) is 4.42. The maximum atomic E-state index is 13.2. The van der Waals surface area contributed by atoms with Crippen LogP contribution in [-0.2, 0) is 12.6 Å². The number of aromatic hydroxyl groups is 1. The van der Waals surface area contributed by atoms with Crippen molar-refractivity contribution in [1.82, 2.24) is 0 Å². The lowest BCUT2D eigenvalue weighted by Crippen LogP contribution is -2.17. The third-order valence-corrected chi connectivity index (χ3v) is 6.75. The number of phenolic OH excluding ortho intramolecular Hbond substituents is 1. The molecule has 2 rings (SSSR count). The molecule has 212 valence electrons. The minimum absolute atomic E-state index is 0.0432. The number of unbranched alkanes of at least 4 members (excludes halogenated alkanes) is 12. The van der Waals surface area contributed by atoms with Crippen LogP contribution < -0.4 is 10.1 Å². The van der Waals surface area contributed by atoms with Crippen LogP contribution in [0.5, 0.6) is 11.5 Å². The number of halogens is 3. The van der Waals surface area contributed by atoms with Gasteiger partial charge >= 0.3 is 6.18 Å². The molecule has 0 aliphatic heterocycles. The lowest BCUT2D eigenvalue weighted by atomic mass is 9.98. The Kier molecular flexibility index (Phi) is 14.1. The van der Waals surface area contributed by atoms with Gasteiger partial charge in [0, 0.05) is 5.69 Å². The second-order valence-electron chi connectivity index (χ2n) is 9.90. The molecule has 0 saturated carbocycles. The molecule has 0 fully saturated rings. The third kappa shape index (κ3) is 11.0. The molecule has 0 atom stereocenters. The van der Waals surface area contributed by atoms with Gasteiger partial charge in [-0.25, -0.2) is 0 Å². The van der Waals surface area contributed by atoms with Crippen molar-refractivity contribution in [3.8, 4) is 11.5 Å². The van der Waals surface area contributed by atoms with Crippen LogP contribution in [0.4, 0.5) is 18.9 Å². The largest absolute Gasteiger partial charge is 0.507 e. The first-order chi connectivity index (χ1) is 18.3. The van der Waals surface area contributed by atoms with E-state index in [0.29, 0.717) is 24.3 Å². The number of nitrogens with one attached hydrogen (secondary N) is 1. The van der Waals surface area contributed by atoms with E-state index in [0.717, 1.165) is 37.0 Å². The fraction of sp³-hybridized carbons (Fsp3) is 0.581. The summed E-state index contributed by atoms with van der Waals surface area (Å²) in [4.78, 5) is 13.2. The summed E-state index contributed by atoms with van der Waals surface area (Å²) < 4.78 is 45.2. The van der Waals surface area contributed by atoms with Crippen molar-refractivity contribution >= 4 is 11.6 Å². The number of carbonyl (C=O) groups excluding carboxylic acids is 1. The summed E-state index contributed by atoms with van der Waals surface area (Å²) in [5.74, 6) is -1.00. The molecule has 4 nitrogen and oxygen atoms in total. The Balaban J connectivity index is 1.87. The first-order valence-corrected chi connectivity index (χ1v) is 14.2. The first-order valence-electron chi connectivity index (χ1n) is 14.2. The Labute approximate surface area is 226 Å². The van der Waals surface area contributed by atoms with Crippen LogP contribution >= 0.6 is 0 Å². The number of benzene rings is 2. The van der Waals surface area contributed by atoms with Crippen LogP contribution in [0.3, 0.4) is 0 Å². The zero-order valence-electron chi connectivity index (χ0n) is 23.0. The highest BCUT2D eigenvalue weighted by molar-refractivity contribution is 6.07. The minimum atomic E-state index is -4.73. The Morgan fingerprint density at radius 3 is 1.97 bits per heavy atom. The van der Waals surface area contributed by atoms with Crippen molar-refractivity contribution in [2.45, 2.75) is 110 Å². The van der Waals surface area contributed by atoms with Crippen molar-refractivity contribution in [3.05, 3.63) is 53.1 Å². The standard InChI is InChI=1S/C31H44F3NO3/c1-3-5-6-7-8-9-10-11-12-13-14-15-16-18-24-19-17-20-28(38-4-2)29(24)30(37)35-25-21-22-27(36)26(23-25)31(32,33)34/h17,19-23,36H,3-16,18H2,1-2H3,(H,35,37). The number of hydrogen-bond donors (Lipinski definition) is 2. The highest BCUT2D eigenvalue weighted by Gasteiger charge is 2.34. The molecule has 1 amide bonds. The maximum absolute atomic E-state index is 13.2. The van der Waals surface area contributed by atoms with Gasteiger partial charge in [0.25, 0.3) is 5.91 Å². The molecule has 2 aromatic rings. The van der Waals surface area contributed by atoms with Crippen molar-refractivity contribution < 1.29 is 27.8 Å². The predicted molar refractivity (Wildman–Crippen MR) is 148 cm³/mol. The molecule has 38 heavy (non-hydrogen) atoms. The number of rotatable bonds is 18. The lowest BCUT2D eigenvalue weighted by molar-refractivity contribution is -0.138. The maximum Gasteiger partial charge on any atom is 0.420 e. The summed E-state index contributed by atoms with van der Waals surface area (Å²) in [7, 11) is 0. The number of phenols is 1. The highest BCUT2D eigenvalue weighted by Crippen LogP contribution is 2.37. The molecule has 0 saturated heterocycles. The number of amides is 1. The number of alkyl halides is 3. The quantitative estimate of drug-likeness (QED) is 0.148. The normalized spacial score (nSPS) is 11.5. The van der Waals surface area contributed by atoms with Crippen LogP contribution in [0.1, 0.15) is 119 Å². The molecule has 2 aromatic carbocycles. The molecule has 0 aliphatic carbocycles. The molecule has 2 N–H and O–H groups in total. The molecule has 0 bridgehead atoms. The van der Waals surface area contributed by atoms with Gasteiger partial charge in [0.05, 0.1) is 17.7 Å². The summed E-state index contributed by atoms with van der Waals surface area (Å²) >= 11 is 0. The van der Waals surface area contributed by atoms with Crippen molar-refractivity contribution in [1.29, 1.82) is 0 Å². The summed E-state index contributed by atoms with van der Waals surface area (Å²) in [5, 5.41) is 12.1. The Morgan fingerprint density at radius 1 is 0.842 bits per heavy atom. The van der Waals surface area contributed by atoms with Gasteiger partial charge in [-0.3, -0.25) is 4.79 Å². The van der Waals surface area contributed by atoms with E-state index in [-0.39, 0.29) is 5.69 Å². The molecule has 0 heterocycles. The highest BCUT2D eigenvalue weighted by atomic mass is 19.4. The molecular weight excluding hydrogens is 491 g/mol. The molecule has 0 spiro atoms. The fourth-order valence-electron chi connectivity index (χ4n) is 4.69. The van der Waals surface area contributed by atoms with E-state index in [2.05, 4.69) is 12.2 Å². The number of carbonyl (C=O) groups is 1. The molecule has 0 unspecified atom stereocenters. The van der Waals surface area contributed by atoms with Gasteiger partial charge in [0.2, 0.25) is 0 Å². The van der Waals surface area contributed by atoms with Gasteiger partial charge in [-0.15, -0.1) is 0 Å². The van der Waals surface area contributed by atoms with E-state index >= 15 is 0 Å². The minimum Gasteiger partial charge on any atom is -0.507 e. The Bertz CT molecular complexity index is 975. The first kappa shape index (κ1) is 31.5. The summed E-state index contributed by atoms with van der Waals surface area (Å²) in [5.41, 5.74) is -0.0832. The number of aryl methyl sites for hydroxylation is 1. The van der Waals surface area contributed by atoms with E-state index in [1.807, 2.05) is 19.1 Å². The van der Waals surface area contributed by atoms with Gasteiger partial charge in [0.15, 0.2) is 0 Å². The van der Waals surface area contributed by atoms with Crippen molar-refractivity contribution in [3.63, 3.8) is 0 Å². The van der Waals surface area contributed by atoms with Gasteiger partial charge in [-0.05, 0) is 49.6 Å². The summed E-state index contributed by atoms with van der Waals surface area (Å²) in [6, 6.07) is 8.32. The number of anilines is 1. The van der Waals surface area contributed by atoms with Crippen LogP contribution in [-0.4, -0.2) is 17.6 Å². The van der Waals surface area contributed by atoms with Crippen LogP contribution in [0.25, 0.3) is 0 Å².